The smallest absolute Gasteiger partial charge is 0.225 e. The molecular formula is C25H54N2O. The Hall–Kier alpha value is -0.570. The molecule has 0 saturated heterocycles. The summed E-state index contributed by atoms with van der Waals surface area (Å²) in [5.41, 5.74) is 0. The predicted octanol–water partition coefficient (Wildman–Crippen LogP) is 6.91. The molecule has 28 heavy (non-hydrogen) atoms. The summed E-state index contributed by atoms with van der Waals surface area (Å²) in [6, 6.07) is 0. The molecule has 0 atom stereocenters. The zero-order chi connectivity index (χ0) is 20.2. The van der Waals surface area contributed by atoms with Gasteiger partial charge in [-0.15, -0.1) is 0 Å². The summed E-state index contributed by atoms with van der Waals surface area (Å²) in [6.07, 6.45) is 19.1. The van der Waals surface area contributed by atoms with E-state index in [-0.39, 0.29) is 13.3 Å². The molecule has 3 heteroatoms. The lowest BCUT2D eigenvalue weighted by molar-refractivity contribution is -0.909. The van der Waals surface area contributed by atoms with Crippen LogP contribution in [0.3, 0.4) is 0 Å². The second-order valence-electron chi connectivity index (χ2n) is 8.78. The molecule has 0 aromatic carbocycles. The summed E-state index contributed by atoms with van der Waals surface area (Å²) in [5, 5.41) is 3.14. The minimum atomic E-state index is 0. The number of unbranched alkanes of at least 4 members (excludes halogenated alkanes) is 11. The Morgan fingerprint density at radius 3 is 1.54 bits per heavy atom. The molecule has 170 valence electrons. The maximum absolute atomic E-state index is 12.2. The van der Waals surface area contributed by atoms with Crippen LogP contribution in [0.1, 0.15) is 117 Å². The van der Waals surface area contributed by atoms with Crippen molar-refractivity contribution in [2.24, 2.45) is 0 Å². The molecule has 0 heterocycles. The van der Waals surface area contributed by atoms with Gasteiger partial charge < -0.3 is 17.2 Å². The fourth-order valence-electron chi connectivity index (χ4n) is 3.72. The van der Waals surface area contributed by atoms with E-state index in [1.807, 2.05) is 0 Å². The summed E-state index contributed by atoms with van der Waals surface area (Å²) in [6.45, 7) is 11.1. The van der Waals surface area contributed by atoms with Crippen LogP contribution in [0.2, 0.25) is 0 Å². The zero-order valence-corrected chi connectivity index (χ0v) is 20.3. The third-order valence-electron chi connectivity index (χ3n) is 5.83. The SMILES string of the molecule is CCCCCCCCCCCCNC(=O)CC[N+](C)(CCCC)CCCC.[CH3-]. The largest absolute Gasteiger partial charge is 0.358 e. The second-order valence-corrected chi connectivity index (χ2v) is 8.78. The van der Waals surface area contributed by atoms with Gasteiger partial charge in [0, 0.05) is 6.54 Å². The third-order valence-corrected chi connectivity index (χ3v) is 5.83. The van der Waals surface area contributed by atoms with Gasteiger partial charge in [0.1, 0.15) is 0 Å². The normalized spacial score (nSPS) is 11.3. The summed E-state index contributed by atoms with van der Waals surface area (Å²) in [4.78, 5) is 12.2. The van der Waals surface area contributed by atoms with Crippen molar-refractivity contribution in [3.8, 4) is 0 Å². The van der Waals surface area contributed by atoms with Gasteiger partial charge in [-0.2, -0.15) is 0 Å². The van der Waals surface area contributed by atoms with Gasteiger partial charge >= 0.3 is 0 Å². The van der Waals surface area contributed by atoms with Crippen LogP contribution < -0.4 is 5.32 Å². The van der Waals surface area contributed by atoms with Crippen molar-refractivity contribution in [1.82, 2.24) is 5.32 Å². The fourth-order valence-corrected chi connectivity index (χ4v) is 3.72. The molecule has 1 amide bonds. The summed E-state index contributed by atoms with van der Waals surface area (Å²) < 4.78 is 1.06. The number of amides is 1. The van der Waals surface area contributed by atoms with Crippen LogP contribution in [0.15, 0.2) is 0 Å². The summed E-state index contributed by atoms with van der Waals surface area (Å²) in [5.74, 6) is 0.253. The van der Waals surface area contributed by atoms with Crippen LogP contribution in [0, 0.1) is 7.43 Å². The van der Waals surface area contributed by atoms with Crippen molar-refractivity contribution in [1.29, 1.82) is 0 Å². The van der Waals surface area contributed by atoms with E-state index in [1.165, 1.54) is 96.6 Å². The monoisotopic (exact) mass is 398 g/mol. The van der Waals surface area contributed by atoms with Gasteiger partial charge in [0.15, 0.2) is 0 Å². The quantitative estimate of drug-likeness (QED) is 0.135. The lowest BCUT2D eigenvalue weighted by Crippen LogP contribution is -2.47. The van der Waals surface area contributed by atoms with Crippen molar-refractivity contribution >= 4 is 5.91 Å². The Morgan fingerprint density at radius 2 is 1.07 bits per heavy atom. The van der Waals surface area contributed by atoms with Crippen LogP contribution in [0.4, 0.5) is 0 Å². The van der Waals surface area contributed by atoms with Crippen molar-refractivity contribution in [3.05, 3.63) is 7.43 Å². The molecule has 3 nitrogen and oxygen atoms in total. The lowest BCUT2D eigenvalue weighted by Gasteiger charge is -2.34. The molecule has 0 aromatic rings. The third kappa shape index (κ3) is 18.8. The van der Waals surface area contributed by atoms with Crippen LogP contribution >= 0.6 is 0 Å². The first-order valence-electron chi connectivity index (χ1n) is 12.2. The van der Waals surface area contributed by atoms with E-state index in [9.17, 15) is 4.79 Å². The molecule has 0 bridgehead atoms. The number of rotatable bonds is 20. The number of hydrogen-bond donors (Lipinski definition) is 1. The minimum Gasteiger partial charge on any atom is -0.358 e. The number of quaternary nitrogens is 1. The zero-order valence-electron chi connectivity index (χ0n) is 20.3. The van der Waals surface area contributed by atoms with Gasteiger partial charge in [-0.25, -0.2) is 0 Å². The number of carbonyl (C=O) groups excluding carboxylic acids is 1. The first kappa shape index (κ1) is 29.6. The first-order chi connectivity index (χ1) is 13.1. The van der Waals surface area contributed by atoms with Crippen LogP contribution in [0.25, 0.3) is 0 Å². The molecule has 0 fully saturated rings. The second kappa shape index (κ2) is 21.1. The Bertz CT molecular complexity index is 323. The van der Waals surface area contributed by atoms with Crippen LogP contribution in [-0.4, -0.2) is 43.6 Å². The molecule has 0 aliphatic heterocycles. The molecular weight excluding hydrogens is 344 g/mol. The van der Waals surface area contributed by atoms with E-state index in [1.54, 1.807) is 0 Å². The van der Waals surface area contributed by atoms with Gasteiger partial charge in [0.05, 0.1) is 33.1 Å². The Labute approximate surface area is 178 Å². The van der Waals surface area contributed by atoms with Crippen molar-refractivity contribution in [3.63, 3.8) is 0 Å². The topological polar surface area (TPSA) is 29.1 Å². The van der Waals surface area contributed by atoms with Crippen molar-refractivity contribution in [2.75, 3.05) is 33.2 Å². The maximum atomic E-state index is 12.2. The maximum Gasteiger partial charge on any atom is 0.225 e. The molecule has 0 radical (unpaired) electrons. The molecule has 0 aromatic heterocycles. The highest BCUT2D eigenvalue weighted by molar-refractivity contribution is 5.75. The highest BCUT2D eigenvalue weighted by Crippen LogP contribution is 2.11. The van der Waals surface area contributed by atoms with Gasteiger partial charge in [0.2, 0.25) is 5.91 Å². The first-order valence-corrected chi connectivity index (χ1v) is 12.2. The molecule has 0 aliphatic rings. The van der Waals surface area contributed by atoms with Gasteiger partial charge in [-0.05, 0) is 19.3 Å². The highest BCUT2D eigenvalue weighted by atomic mass is 16.1. The molecule has 0 rings (SSSR count). The number of carbonyl (C=O) groups is 1. The standard InChI is InChI=1S/C24H50N2O.CH3/c1-5-8-11-12-13-14-15-16-17-18-20-25-24(27)19-23-26(4,21-9-6-2)22-10-7-3;/h5-23H2,1-4H3;1H3/q;-1/p+1. The van der Waals surface area contributed by atoms with E-state index in [4.69, 9.17) is 0 Å². The van der Waals surface area contributed by atoms with E-state index in [2.05, 4.69) is 33.1 Å². The molecule has 0 spiro atoms. The average Bonchev–Trinajstić information content (AvgIpc) is 2.67. The van der Waals surface area contributed by atoms with Crippen molar-refractivity contribution in [2.45, 2.75) is 117 Å². The Kier molecular flexibility index (Phi) is 22.4. The van der Waals surface area contributed by atoms with Crippen LogP contribution in [-0.2, 0) is 4.79 Å². The van der Waals surface area contributed by atoms with E-state index in [0.29, 0.717) is 6.42 Å². The number of nitrogens with one attached hydrogen (secondary N) is 1. The number of hydrogen-bond acceptors (Lipinski definition) is 1. The van der Waals surface area contributed by atoms with E-state index in [0.717, 1.165) is 24.0 Å². The molecule has 0 saturated carbocycles. The minimum absolute atomic E-state index is 0. The fraction of sp³-hybridized carbons (Fsp3) is 0.920. The van der Waals surface area contributed by atoms with E-state index < -0.39 is 0 Å². The number of nitrogens with zero attached hydrogens (tertiary/aromatic N) is 1. The molecule has 0 aliphatic carbocycles. The van der Waals surface area contributed by atoms with Gasteiger partial charge in [0.25, 0.3) is 0 Å². The van der Waals surface area contributed by atoms with E-state index >= 15 is 0 Å². The Balaban J connectivity index is 0. The Morgan fingerprint density at radius 1 is 0.643 bits per heavy atom. The molecule has 0 unspecified atom stereocenters. The van der Waals surface area contributed by atoms with Crippen LogP contribution in [0.5, 0.6) is 0 Å². The summed E-state index contributed by atoms with van der Waals surface area (Å²) in [7, 11) is 2.33. The average molecular weight is 399 g/mol. The van der Waals surface area contributed by atoms with Crippen molar-refractivity contribution < 1.29 is 9.28 Å². The predicted molar refractivity (Wildman–Crippen MR) is 126 cm³/mol. The molecule has 1 N–H and O–H groups in total. The van der Waals surface area contributed by atoms with Gasteiger partial charge in [-0.3, -0.25) is 4.79 Å². The van der Waals surface area contributed by atoms with Gasteiger partial charge in [-0.1, -0.05) is 91.4 Å². The summed E-state index contributed by atoms with van der Waals surface area (Å²) >= 11 is 0. The lowest BCUT2D eigenvalue weighted by atomic mass is 10.1. The highest BCUT2D eigenvalue weighted by Gasteiger charge is 2.21.